The molecular formula is C10H19N3O4. The Kier molecular flexibility index (Phi) is 6.88. The number of nitrogens with two attached hydrogens (primary N) is 1. The van der Waals surface area contributed by atoms with Gasteiger partial charge in [-0.15, -0.1) is 0 Å². The third-order valence-electron chi connectivity index (χ3n) is 1.70. The molecule has 0 aromatic carbocycles. The van der Waals surface area contributed by atoms with Gasteiger partial charge in [0, 0.05) is 6.04 Å². The molecule has 98 valence electrons. The average Bonchev–Trinajstić information content (AvgIpc) is 2.24. The van der Waals surface area contributed by atoms with Crippen LogP contribution in [0.1, 0.15) is 20.8 Å². The van der Waals surface area contributed by atoms with E-state index < -0.39 is 17.9 Å². The van der Waals surface area contributed by atoms with Crippen LogP contribution in [-0.4, -0.2) is 43.0 Å². The lowest BCUT2D eigenvalue weighted by Gasteiger charge is -2.12. The topological polar surface area (TPSA) is 111 Å². The van der Waals surface area contributed by atoms with Gasteiger partial charge in [-0.3, -0.25) is 9.59 Å². The van der Waals surface area contributed by atoms with Gasteiger partial charge in [-0.25, -0.2) is 4.79 Å². The van der Waals surface area contributed by atoms with Crippen LogP contribution in [0.3, 0.4) is 0 Å². The number of hydrogen-bond acceptors (Lipinski definition) is 5. The Labute approximate surface area is 100 Å². The summed E-state index contributed by atoms with van der Waals surface area (Å²) < 4.78 is 4.57. The van der Waals surface area contributed by atoms with E-state index in [2.05, 4.69) is 15.4 Å². The van der Waals surface area contributed by atoms with Crippen molar-refractivity contribution in [3.05, 3.63) is 0 Å². The summed E-state index contributed by atoms with van der Waals surface area (Å²) in [5.74, 6) is -1.89. The number of amides is 2. The monoisotopic (exact) mass is 245 g/mol. The van der Waals surface area contributed by atoms with Gasteiger partial charge in [-0.05, 0) is 20.8 Å². The lowest BCUT2D eigenvalue weighted by Crippen LogP contribution is -2.49. The summed E-state index contributed by atoms with van der Waals surface area (Å²) in [5.41, 5.74) is 5.32. The van der Waals surface area contributed by atoms with Gasteiger partial charge >= 0.3 is 5.97 Å². The molecule has 0 bridgehead atoms. The fourth-order valence-corrected chi connectivity index (χ4v) is 0.989. The molecule has 0 aliphatic carbocycles. The van der Waals surface area contributed by atoms with Crippen molar-refractivity contribution in [3.8, 4) is 0 Å². The van der Waals surface area contributed by atoms with Gasteiger partial charge in [-0.2, -0.15) is 0 Å². The largest absolute Gasteiger partial charge is 0.464 e. The number of esters is 1. The molecule has 2 amide bonds. The highest BCUT2D eigenvalue weighted by Gasteiger charge is 2.23. The maximum Gasteiger partial charge on any atom is 0.332 e. The summed E-state index contributed by atoms with van der Waals surface area (Å²) in [6.45, 7) is 5.13. The summed E-state index contributed by atoms with van der Waals surface area (Å²) in [6, 6.07) is -1.42. The Balaban J connectivity index is 4.01. The quantitative estimate of drug-likeness (QED) is 0.390. The van der Waals surface area contributed by atoms with E-state index >= 15 is 0 Å². The lowest BCUT2D eigenvalue weighted by atomic mass is 10.3. The second-order valence-electron chi connectivity index (χ2n) is 3.67. The van der Waals surface area contributed by atoms with Crippen LogP contribution in [-0.2, 0) is 19.1 Å². The van der Waals surface area contributed by atoms with Crippen LogP contribution in [0.2, 0.25) is 0 Å². The molecule has 1 unspecified atom stereocenters. The van der Waals surface area contributed by atoms with E-state index in [-0.39, 0.29) is 25.1 Å². The third-order valence-corrected chi connectivity index (χ3v) is 1.70. The lowest BCUT2D eigenvalue weighted by molar-refractivity contribution is -0.148. The van der Waals surface area contributed by atoms with E-state index in [1.54, 1.807) is 20.8 Å². The summed E-state index contributed by atoms with van der Waals surface area (Å²) in [5, 5.41) is 4.83. The highest BCUT2D eigenvalue weighted by molar-refractivity contribution is 6.02. The van der Waals surface area contributed by atoms with E-state index in [1.807, 2.05) is 0 Å². The van der Waals surface area contributed by atoms with Crippen molar-refractivity contribution in [1.29, 1.82) is 0 Å². The van der Waals surface area contributed by atoms with E-state index in [4.69, 9.17) is 5.73 Å². The third kappa shape index (κ3) is 6.52. The van der Waals surface area contributed by atoms with Crippen LogP contribution < -0.4 is 16.4 Å². The van der Waals surface area contributed by atoms with Crippen molar-refractivity contribution >= 4 is 17.8 Å². The zero-order chi connectivity index (χ0) is 13.4. The molecule has 0 aliphatic heterocycles. The molecule has 0 saturated carbocycles. The van der Waals surface area contributed by atoms with Crippen molar-refractivity contribution in [3.63, 3.8) is 0 Å². The second kappa shape index (κ2) is 7.61. The molecule has 0 aliphatic rings. The van der Waals surface area contributed by atoms with Crippen LogP contribution >= 0.6 is 0 Å². The van der Waals surface area contributed by atoms with Gasteiger partial charge < -0.3 is 21.1 Å². The number of rotatable bonds is 6. The first-order chi connectivity index (χ1) is 7.88. The van der Waals surface area contributed by atoms with Crippen LogP contribution in [0.15, 0.2) is 0 Å². The maximum absolute atomic E-state index is 11.3. The number of carbonyl (C=O) groups excluding carboxylic acids is 3. The Morgan fingerprint density at radius 1 is 1.29 bits per heavy atom. The zero-order valence-electron chi connectivity index (χ0n) is 10.3. The van der Waals surface area contributed by atoms with Crippen LogP contribution in [0.4, 0.5) is 0 Å². The van der Waals surface area contributed by atoms with E-state index in [0.29, 0.717) is 0 Å². The van der Waals surface area contributed by atoms with E-state index in [0.717, 1.165) is 0 Å². The fraction of sp³-hybridized carbons (Fsp3) is 0.700. The summed E-state index contributed by atoms with van der Waals surface area (Å²) >= 11 is 0. The van der Waals surface area contributed by atoms with Crippen LogP contribution in [0.5, 0.6) is 0 Å². The molecule has 1 atom stereocenters. The number of carbonyl (C=O) groups is 3. The molecule has 17 heavy (non-hydrogen) atoms. The summed E-state index contributed by atoms with van der Waals surface area (Å²) in [7, 11) is 0. The highest BCUT2D eigenvalue weighted by Crippen LogP contribution is 1.86. The molecule has 0 fully saturated rings. The molecular weight excluding hydrogens is 226 g/mol. The SMILES string of the molecule is CCOC(=O)C(N)C(=O)NCC(=O)NC(C)C. The molecule has 0 heterocycles. The predicted octanol–water partition coefficient (Wildman–Crippen LogP) is -1.48. The van der Waals surface area contributed by atoms with Crippen molar-refractivity contribution in [2.75, 3.05) is 13.2 Å². The van der Waals surface area contributed by atoms with E-state index in [9.17, 15) is 14.4 Å². The van der Waals surface area contributed by atoms with Gasteiger partial charge in [0.1, 0.15) is 0 Å². The summed E-state index contributed by atoms with van der Waals surface area (Å²) in [4.78, 5) is 33.6. The average molecular weight is 245 g/mol. The van der Waals surface area contributed by atoms with Crippen molar-refractivity contribution in [2.24, 2.45) is 5.73 Å². The first-order valence-corrected chi connectivity index (χ1v) is 5.37. The molecule has 7 nitrogen and oxygen atoms in total. The molecule has 0 saturated heterocycles. The fourth-order valence-electron chi connectivity index (χ4n) is 0.989. The molecule has 4 N–H and O–H groups in total. The maximum atomic E-state index is 11.3. The van der Waals surface area contributed by atoms with E-state index in [1.165, 1.54) is 0 Å². The van der Waals surface area contributed by atoms with Crippen LogP contribution in [0.25, 0.3) is 0 Å². The van der Waals surface area contributed by atoms with Crippen LogP contribution in [0, 0.1) is 0 Å². The smallest absolute Gasteiger partial charge is 0.332 e. The van der Waals surface area contributed by atoms with Crippen molar-refractivity contribution in [2.45, 2.75) is 32.9 Å². The Morgan fingerprint density at radius 3 is 2.35 bits per heavy atom. The number of ether oxygens (including phenoxy) is 1. The van der Waals surface area contributed by atoms with Gasteiger partial charge in [0.05, 0.1) is 13.2 Å². The highest BCUT2D eigenvalue weighted by atomic mass is 16.5. The standard InChI is InChI=1S/C10H19N3O4/c1-4-17-10(16)8(11)9(15)12-5-7(14)13-6(2)3/h6,8H,4-5,11H2,1-3H3,(H,12,15)(H,13,14). The minimum Gasteiger partial charge on any atom is -0.464 e. The van der Waals surface area contributed by atoms with Gasteiger partial charge in [0.2, 0.25) is 11.8 Å². The first-order valence-electron chi connectivity index (χ1n) is 5.37. The molecule has 0 rings (SSSR count). The summed E-state index contributed by atoms with van der Waals surface area (Å²) in [6.07, 6.45) is 0. The van der Waals surface area contributed by atoms with Gasteiger partial charge in [0.25, 0.3) is 0 Å². The minimum atomic E-state index is -1.40. The number of nitrogens with one attached hydrogen (secondary N) is 2. The second-order valence-corrected chi connectivity index (χ2v) is 3.67. The Morgan fingerprint density at radius 2 is 1.88 bits per heavy atom. The van der Waals surface area contributed by atoms with Crippen molar-refractivity contribution < 1.29 is 19.1 Å². The Bertz CT molecular complexity index is 291. The predicted molar refractivity (Wildman–Crippen MR) is 60.9 cm³/mol. The molecule has 7 heteroatoms. The normalized spacial score (nSPS) is 11.8. The molecule has 0 aromatic rings. The van der Waals surface area contributed by atoms with Crippen molar-refractivity contribution in [1.82, 2.24) is 10.6 Å². The number of hydrogen-bond donors (Lipinski definition) is 3. The minimum absolute atomic E-state index is 0.0156. The first kappa shape index (κ1) is 15.4. The Hall–Kier alpha value is -1.63. The van der Waals surface area contributed by atoms with Gasteiger partial charge in [-0.1, -0.05) is 0 Å². The molecule has 0 spiro atoms. The zero-order valence-corrected chi connectivity index (χ0v) is 10.3. The molecule has 0 aromatic heterocycles. The molecule has 0 radical (unpaired) electrons. The van der Waals surface area contributed by atoms with Gasteiger partial charge in [0.15, 0.2) is 6.04 Å².